The average molecular weight is 188 g/mol. The zero-order valence-corrected chi connectivity index (χ0v) is 8.10. The molecule has 1 aliphatic rings. The molecule has 0 unspecified atom stereocenters. The van der Waals surface area contributed by atoms with Gasteiger partial charge in [0, 0.05) is 17.9 Å². The Balaban J connectivity index is 2.22. The summed E-state index contributed by atoms with van der Waals surface area (Å²) in [4.78, 5) is 0. The second kappa shape index (κ2) is 3.62. The number of hydrogen-bond acceptors (Lipinski definition) is 2. The highest BCUT2D eigenvalue weighted by Crippen LogP contribution is 2.02. The van der Waals surface area contributed by atoms with Crippen molar-refractivity contribution in [1.82, 2.24) is 0 Å². The first-order valence-corrected chi connectivity index (χ1v) is 4.67. The minimum atomic E-state index is -0.0339. The van der Waals surface area contributed by atoms with Gasteiger partial charge in [-0.25, -0.2) is 0 Å². The summed E-state index contributed by atoms with van der Waals surface area (Å²) in [5.41, 5.74) is 2.31. The highest BCUT2D eigenvalue weighted by molar-refractivity contribution is 5.77. The van der Waals surface area contributed by atoms with Crippen LogP contribution in [-0.4, -0.2) is 23.3 Å². The summed E-state index contributed by atoms with van der Waals surface area (Å²) in [5.74, 6) is -0.0339. The van der Waals surface area contributed by atoms with Crippen molar-refractivity contribution in [3.8, 4) is 0 Å². The van der Waals surface area contributed by atoms with E-state index in [0.29, 0.717) is 13.0 Å². The van der Waals surface area contributed by atoms with Crippen molar-refractivity contribution in [3.05, 3.63) is 35.4 Å². The number of hydrazone groups is 1. The summed E-state index contributed by atoms with van der Waals surface area (Å²) < 4.78 is 1.70. The van der Waals surface area contributed by atoms with Crippen LogP contribution in [0.25, 0.3) is 0 Å². The van der Waals surface area contributed by atoms with Gasteiger partial charge in [-0.1, -0.05) is 22.4 Å². The van der Waals surface area contributed by atoms with Gasteiger partial charge < -0.3 is 5.11 Å². The Labute approximate surface area is 83.0 Å². The SMILES string of the molecule is Cc1ccc(C=[N+]2CCC([O-])=N2)cc1. The van der Waals surface area contributed by atoms with E-state index in [-0.39, 0.29) is 5.90 Å². The molecule has 0 amide bonds. The molecule has 0 N–H and O–H groups in total. The fourth-order valence-corrected chi connectivity index (χ4v) is 1.37. The van der Waals surface area contributed by atoms with Gasteiger partial charge in [0.1, 0.15) is 0 Å². The Morgan fingerprint density at radius 3 is 2.64 bits per heavy atom. The van der Waals surface area contributed by atoms with E-state index in [1.165, 1.54) is 5.56 Å². The smallest absolute Gasteiger partial charge is 0.203 e. The molecule has 72 valence electrons. The molecule has 0 fully saturated rings. The van der Waals surface area contributed by atoms with Crippen LogP contribution in [0, 0.1) is 6.92 Å². The molecule has 3 heteroatoms. The van der Waals surface area contributed by atoms with Crippen molar-refractivity contribution in [2.45, 2.75) is 13.3 Å². The molecule has 2 rings (SSSR count). The summed E-state index contributed by atoms with van der Waals surface area (Å²) in [6.45, 7) is 2.75. The van der Waals surface area contributed by atoms with Crippen LogP contribution in [0.15, 0.2) is 29.4 Å². The summed E-state index contributed by atoms with van der Waals surface area (Å²) in [6, 6.07) is 8.13. The molecule has 1 aromatic carbocycles. The third-order valence-electron chi connectivity index (χ3n) is 2.17. The Morgan fingerprint density at radius 2 is 2.07 bits per heavy atom. The third kappa shape index (κ3) is 1.99. The molecule has 0 bridgehead atoms. The fraction of sp³-hybridized carbons (Fsp3) is 0.273. The lowest BCUT2D eigenvalue weighted by Gasteiger charge is -1.92. The molecular weight excluding hydrogens is 176 g/mol. The summed E-state index contributed by atoms with van der Waals surface area (Å²) >= 11 is 0. The van der Waals surface area contributed by atoms with Gasteiger partial charge in [0.05, 0.1) is 0 Å². The Kier molecular flexibility index (Phi) is 2.31. The fourth-order valence-electron chi connectivity index (χ4n) is 1.37. The molecule has 0 aliphatic carbocycles. The van der Waals surface area contributed by atoms with Crippen LogP contribution in [0.2, 0.25) is 0 Å². The zero-order chi connectivity index (χ0) is 9.97. The van der Waals surface area contributed by atoms with E-state index in [1.54, 1.807) is 4.68 Å². The second-order valence-corrected chi connectivity index (χ2v) is 3.45. The zero-order valence-electron chi connectivity index (χ0n) is 8.10. The molecule has 0 spiro atoms. The predicted molar refractivity (Wildman–Crippen MR) is 53.5 cm³/mol. The van der Waals surface area contributed by atoms with Gasteiger partial charge in [0.2, 0.25) is 6.21 Å². The highest BCUT2D eigenvalue weighted by atomic mass is 16.3. The lowest BCUT2D eigenvalue weighted by molar-refractivity contribution is -0.519. The molecule has 3 nitrogen and oxygen atoms in total. The third-order valence-corrected chi connectivity index (χ3v) is 2.17. The lowest BCUT2D eigenvalue weighted by atomic mass is 10.2. The minimum absolute atomic E-state index is 0.0339. The Morgan fingerprint density at radius 1 is 1.36 bits per heavy atom. The monoisotopic (exact) mass is 188 g/mol. The largest absolute Gasteiger partial charge is 0.857 e. The molecule has 1 aliphatic heterocycles. The average Bonchev–Trinajstić information content (AvgIpc) is 2.56. The van der Waals surface area contributed by atoms with Crippen LogP contribution in [0.1, 0.15) is 17.5 Å². The first kappa shape index (κ1) is 8.94. The van der Waals surface area contributed by atoms with E-state index in [0.717, 1.165) is 5.56 Å². The molecule has 0 atom stereocenters. The maximum atomic E-state index is 10.9. The van der Waals surface area contributed by atoms with Crippen molar-refractivity contribution in [1.29, 1.82) is 0 Å². The van der Waals surface area contributed by atoms with Gasteiger partial charge in [-0.05, 0) is 24.2 Å². The van der Waals surface area contributed by atoms with Crippen LogP contribution >= 0.6 is 0 Å². The van der Waals surface area contributed by atoms with Crippen LogP contribution in [0.4, 0.5) is 0 Å². The molecule has 1 heterocycles. The van der Waals surface area contributed by atoms with Crippen LogP contribution < -0.4 is 5.11 Å². The van der Waals surface area contributed by atoms with Gasteiger partial charge in [0.25, 0.3) is 0 Å². The summed E-state index contributed by atoms with van der Waals surface area (Å²) in [5, 5.41) is 14.7. The van der Waals surface area contributed by atoms with E-state index < -0.39 is 0 Å². The molecular formula is C11H12N2O. The summed E-state index contributed by atoms with van der Waals surface area (Å²) in [6.07, 6.45) is 2.42. The molecule has 0 saturated heterocycles. The van der Waals surface area contributed by atoms with Crippen molar-refractivity contribution in [2.24, 2.45) is 5.10 Å². The first-order chi connectivity index (χ1) is 6.74. The molecule has 14 heavy (non-hydrogen) atoms. The van der Waals surface area contributed by atoms with E-state index in [9.17, 15) is 5.11 Å². The van der Waals surface area contributed by atoms with Crippen LogP contribution in [0.3, 0.4) is 0 Å². The number of nitrogens with zero attached hydrogens (tertiary/aromatic N) is 2. The standard InChI is InChI=1S/C11H12N2O/c1-9-2-4-10(5-3-9)8-13-7-6-11(14)12-13/h2-5,8H,6-7H2,1H3. The van der Waals surface area contributed by atoms with Gasteiger partial charge >= 0.3 is 0 Å². The topological polar surface area (TPSA) is 38.4 Å². The van der Waals surface area contributed by atoms with Crippen molar-refractivity contribution in [3.63, 3.8) is 0 Å². The van der Waals surface area contributed by atoms with E-state index >= 15 is 0 Å². The van der Waals surface area contributed by atoms with E-state index in [1.807, 2.05) is 37.4 Å². The van der Waals surface area contributed by atoms with Crippen LogP contribution in [0.5, 0.6) is 0 Å². The molecule has 0 saturated carbocycles. The van der Waals surface area contributed by atoms with Crippen molar-refractivity contribution in [2.75, 3.05) is 6.54 Å². The maximum Gasteiger partial charge on any atom is 0.203 e. The molecule has 0 aromatic heterocycles. The number of hydrogen-bond donors (Lipinski definition) is 0. The lowest BCUT2D eigenvalue weighted by Crippen LogP contribution is -2.13. The highest BCUT2D eigenvalue weighted by Gasteiger charge is 2.10. The molecule has 0 radical (unpaired) electrons. The first-order valence-electron chi connectivity index (χ1n) is 4.67. The second-order valence-electron chi connectivity index (χ2n) is 3.45. The predicted octanol–water partition coefficient (Wildman–Crippen LogP) is 0.504. The Hall–Kier alpha value is -1.64. The normalized spacial score (nSPS) is 18.6. The quantitative estimate of drug-likeness (QED) is 0.591. The minimum Gasteiger partial charge on any atom is -0.857 e. The van der Waals surface area contributed by atoms with Gasteiger partial charge in [-0.15, -0.1) is 0 Å². The van der Waals surface area contributed by atoms with Gasteiger partial charge in [-0.3, -0.25) is 0 Å². The number of benzene rings is 1. The van der Waals surface area contributed by atoms with Gasteiger partial charge in [0.15, 0.2) is 6.54 Å². The van der Waals surface area contributed by atoms with Crippen molar-refractivity contribution < 1.29 is 9.79 Å². The maximum absolute atomic E-state index is 10.9. The van der Waals surface area contributed by atoms with E-state index in [2.05, 4.69) is 5.10 Å². The molecule has 1 aromatic rings. The number of aryl methyl sites for hydroxylation is 1. The Bertz CT molecular complexity index is 390. The van der Waals surface area contributed by atoms with Gasteiger partial charge in [-0.2, -0.15) is 0 Å². The number of rotatable bonds is 1. The summed E-state index contributed by atoms with van der Waals surface area (Å²) in [7, 11) is 0. The van der Waals surface area contributed by atoms with Crippen LogP contribution in [-0.2, 0) is 0 Å². The van der Waals surface area contributed by atoms with Crippen molar-refractivity contribution >= 4 is 12.1 Å². The van der Waals surface area contributed by atoms with E-state index in [4.69, 9.17) is 0 Å².